The molecule has 0 aromatic carbocycles. The number of hydrogen-bond donors (Lipinski definition) is 1. The summed E-state index contributed by atoms with van der Waals surface area (Å²) >= 11 is 0. The second kappa shape index (κ2) is 6.52. The highest BCUT2D eigenvalue weighted by molar-refractivity contribution is 5.92. The molecule has 0 unspecified atom stereocenters. The van der Waals surface area contributed by atoms with Crippen molar-refractivity contribution in [3.8, 4) is 0 Å². The van der Waals surface area contributed by atoms with Crippen molar-refractivity contribution in [1.82, 2.24) is 14.8 Å². The van der Waals surface area contributed by atoms with Crippen molar-refractivity contribution < 1.29 is 9.53 Å². The molecule has 0 radical (unpaired) electrons. The molecule has 5 heteroatoms. The second-order valence-corrected chi connectivity index (χ2v) is 7.79. The van der Waals surface area contributed by atoms with Crippen LogP contribution in [0.25, 0.3) is 0 Å². The Morgan fingerprint density at radius 2 is 2.12 bits per heavy atom. The summed E-state index contributed by atoms with van der Waals surface area (Å²) in [6.07, 6.45) is 9.59. The largest absolute Gasteiger partial charge is 0.372 e. The molecule has 132 valence electrons. The van der Waals surface area contributed by atoms with Crippen LogP contribution in [0, 0.1) is 5.92 Å². The molecule has 0 bridgehead atoms. The van der Waals surface area contributed by atoms with E-state index in [0.717, 1.165) is 50.8 Å². The van der Waals surface area contributed by atoms with Gasteiger partial charge in [-0.1, -0.05) is 12.8 Å². The van der Waals surface area contributed by atoms with E-state index in [-0.39, 0.29) is 11.5 Å². The molecular formula is C19H29N3O2. The zero-order chi connectivity index (χ0) is 16.6. The lowest BCUT2D eigenvalue weighted by Crippen LogP contribution is -2.66. The Kier molecular flexibility index (Phi) is 4.39. The average molecular weight is 331 g/mol. The van der Waals surface area contributed by atoms with Crippen LogP contribution in [0.4, 0.5) is 0 Å². The first-order chi connectivity index (χ1) is 11.7. The summed E-state index contributed by atoms with van der Waals surface area (Å²) in [5.41, 5.74) is 0.807. The third-order valence-electron chi connectivity index (χ3n) is 6.34. The van der Waals surface area contributed by atoms with Gasteiger partial charge < -0.3 is 14.6 Å². The number of aryl methyl sites for hydroxylation is 1. The summed E-state index contributed by atoms with van der Waals surface area (Å²) in [6, 6.07) is 4.57. The van der Waals surface area contributed by atoms with Gasteiger partial charge in [0, 0.05) is 45.5 Å². The van der Waals surface area contributed by atoms with Crippen molar-refractivity contribution in [3.05, 3.63) is 24.0 Å². The number of hydrogen-bond acceptors (Lipinski definition) is 3. The number of carbonyl (C=O) groups is 1. The molecule has 1 saturated carbocycles. The lowest BCUT2D eigenvalue weighted by molar-refractivity contribution is -0.146. The van der Waals surface area contributed by atoms with E-state index in [9.17, 15) is 4.79 Å². The standard InChI is InChI=1S/C19H29N3O2/c1-21-11-4-7-17(21)18(23)20-10-8-15-9-12-24-19(15)13-22(14-19)16-5-2-3-6-16/h4,7,11,15-16H,2-3,5-6,8-10,12-14H2,1H3,(H,20,23)/t15-/m1/s1. The molecule has 3 aliphatic rings. The van der Waals surface area contributed by atoms with Gasteiger partial charge in [0.25, 0.3) is 5.91 Å². The van der Waals surface area contributed by atoms with Crippen molar-refractivity contribution in [2.45, 2.75) is 50.2 Å². The molecule has 1 N–H and O–H groups in total. The predicted molar refractivity (Wildman–Crippen MR) is 93.0 cm³/mol. The van der Waals surface area contributed by atoms with Gasteiger partial charge in [-0.05, 0) is 43.7 Å². The Labute approximate surface area is 144 Å². The third kappa shape index (κ3) is 2.88. The van der Waals surface area contributed by atoms with E-state index in [2.05, 4.69) is 10.2 Å². The number of aromatic nitrogens is 1. The van der Waals surface area contributed by atoms with Crippen LogP contribution in [0.15, 0.2) is 18.3 Å². The summed E-state index contributed by atoms with van der Waals surface area (Å²) in [5, 5.41) is 3.08. The van der Waals surface area contributed by atoms with Gasteiger partial charge in [-0.15, -0.1) is 0 Å². The zero-order valence-corrected chi connectivity index (χ0v) is 14.7. The Bertz CT molecular complexity index is 585. The molecule has 2 aliphatic heterocycles. The number of amides is 1. The van der Waals surface area contributed by atoms with Crippen LogP contribution in [-0.4, -0.2) is 53.3 Å². The van der Waals surface area contributed by atoms with Crippen LogP contribution in [0.2, 0.25) is 0 Å². The van der Waals surface area contributed by atoms with Gasteiger partial charge in [-0.25, -0.2) is 0 Å². The average Bonchev–Trinajstić information content (AvgIpc) is 3.24. The van der Waals surface area contributed by atoms with Crippen LogP contribution in [-0.2, 0) is 11.8 Å². The monoisotopic (exact) mass is 331 g/mol. The van der Waals surface area contributed by atoms with Crippen LogP contribution < -0.4 is 5.32 Å². The highest BCUT2D eigenvalue weighted by atomic mass is 16.5. The van der Waals surface area contributed by atoms with E-state index in [1.165, 1.54) is 25.7 Å². The van der Waals surface area contributed by atoms with Crippen molar-refractivity contribution in [2.24, 2.45) is 13.0 Å². The third-order valence-corrected chi connectivity index (χ3v) is 6.34. The smallest absolute Gasteiger partial charge is 0.267 e. The van der Waals surface area contributed by atoms with Crippen molar-refractivity contribution in [3.63, 3.8) is 0 Å². The van der Waals surface area contributed by atoms with E-state index in [4.69, 9.17) is 4.74 Å². The van der Waals surface area contributed by atoms with Gasteiger partial charge in [0.1, 0.15) is 5.69 Å². The summed E-state index contributed by atoms with van der Waals surface area (Å²) in [5.74, 6) is 0.612. The first-order valence-electron chi connectivity index (χ1n) is 9.45. The molecular weight excluding hydrogens is 302 g/mol. The lowest BCUT2D eigenvalue weighted by atomic mass is 9.78. The number of ether oxygens (including phenoxy) is 1. The van der Waals surface area contributed by atoms with Crippen LogP contribution in [0.3, 0.4) is 0 Å². The van der Waals surface area contributed by atoms with Crippen molar-refractivity contribution in [1.29, 1.82) is 0 Å². The SMILES string of the molecule is Cn1cccc1C(=O)NCC[C@@H]1CCOC12CN(C1CCCC1)C2. The molecule has 4 rings (SSSR count). The van der Waals surface area contributed by atoms with Crippen molar-refractivity contribution in [2.75, 3.05) is 26.2 Å². The molecule has 1 aliphatic carbocycles. The topological polar surface area (TPSA) is 46.5 Å². The van der Waals surface area contributed by atoms with E-state index in [0.29, 0.717) is 5.92 Å². The molecule has 1 atom stereocenters. The fourth-order valence-corrected chi connectivity index (χ4v) is 4.86. The molecule has 2 saturated heterocycles. The fourth-order valence-electron chi connectivity index (χ4n) is 4.86. The molecule has 1 aromatic heterocycles. The van der Waals surface area contributed by atoms with E-state index in [1.54, 1.807) is 0 Å². The maximum Gasteiger partial charge on any atom is 0.267 e. The number of nitrogens with zero attached hydrogens (tertiary/aromatic N) is 2. The maximum atomic E-state index is 12.2. The van der Waals surface area contributed by atoms with Crippen molar-refractivity contribution >= 4 is 5.91 Å². The summed E-state index contributed by atoms with van der Waals surface area (Å²) < 4.78 is 8.03. The second-order valence-electron chi connectivity index (χ2n) is 7.79. The summed E-state index contributed by atoms with van der Waals surface area (Å²) in [4.78, 5) is 14.8. The minimum Gasteiger partial charge on any atom is -0.372 e. The van der Waals surface area contributed by atoms with Gasteiger partial charge in [-0.2, -0.15) is 0 Å². The predicted octanol–water partition coefficient (Wildman–Crippen LogP) is 2.18. The van der Waals surface area contributed by atoms with Crippen LogP contribution in [0.5, 0.6) is 0 Å². The van der Waals surface area contributed by atoms with E-state index in [1.807, 2.05) is 29.9 Å². The molecule has 24 heavy (non-hydrogen) atoms. The van der Waals surface area contributed by atoms with Gasteiger partial charge in [0.05, 0.1) is 5.60 Å². The van der Waals surface area contributed by atoms with Gasteiger partial charge in [0.2, 0.25) is 0 Å². The summed E-state index contributed by atoms with van der Waals surface area (Å²) in [7, 11) is 1.90. The number of rotatable bonds is 5. The Hall–Kier alpha value is -1.33. The maximum absolute atomic E-state index is 12.2. The number of nitrogens with one attached hydrogen (secondary N) is 1. The van der Waals surface area contributed by atoms with E-state index >= 15 is 0 Å². The molecule has 5 nitrogen and oxygen atoms in total. The quantitative estimate of drug-likeness (QED) is 0.899. The fraction of sp³-hybridized carbons (Fsp3) is 0.737. The Morgan fingerprint density at radius 1 is 1.33 bits per heavy atom. The van der Waals surface area contributed by atoms with Gasteiger partial charge in [-0.3, -0.25) is 9.69 Å². The first-order valence-corrected chi connectivity index (χ1v) is 9.45. The number of likely N-dealkylation sites (tertiary alicyclic amines) is 1. The normalized spacial score (nSPS) is 26.8. The van der Waals surface area contributed by atoms with E-state index < -0.39 is 0 Å². The van der Waals surface area contributed by atoms with Crippen LogP contribution in [0.1, 0.15) is 49.0 Å². The number of carbonyl (C=O) groups excluding carboxylic acids is 1. The van der Waals surface area contributed by atoms with Crippen LogP contribution >= 0.6 is 0 Å². The minimum atomic E-state index is 0.0247. The molecule has 1 amide bonds. The molecule has 1 spiro atoms. The molecule has 3 heterocycles. The van der Waals surface area contributed by atoms with Gasteiger partial charge in [0.15, 0.2) is 0 Å². The highest BCUT2D eigenvalue weighted by Gasteiger charge is 2.54. The van der Waals surface area contributed by atoms with Gasteiger partial charge >= 0.3 is 0 Å². The Morgan fingerprint density at radius 3 is 2.83 bits per heavy atom. The first kappa shape index (κ1) is 16.2. The Balaban J connectivity index is 1.26. The zero-order valence-electron chi connectivity index (χ0n) is 14.7. The highest BCUT2D eigenvalue weighted by Crippen LogP contribution is 2.44. The lowest BCUT2D eigenvalue weighted by Gasteiger charge is -2.53. The minimum absolute atomic E-state index is 0.0247. The molecule has 1 aromatic rings. The summed E-state index contributed by atoms with van der Waals surface area (Å²) in [6.45, 7) is 3.83. The molecule has 3 fully saturated rings.